The van der Waals surface area contributed by atoms with Crippen LogP contribution in [0.2, 0.25) is 0 Å². The molecule has 0 aromatic heterocycles. The first-order valence-corrected chi connectivity index (χ1v) is 12.8. The third kappa shape index (κ3) is 7.60. The molecule has 0 unspecified atom stereocenters. The summed E-state index contributed by atoms with van der Waals surface area (Å²) in [6.45, 7) is 4.33. The Labute approximate surface area is 206 Å². The molecule has 178 valence electrons. The van der Waals surface area contributed by atoms with E-state index in [9.17, 15) is 9.59 Å². The summed E-state index contributed by atoms with van der Waals surface area (Å²) in [6, 6.07) is 15.4. The minimum absolute atomic E-state index is 0.0507. The van der Waals surface area contributed by atoms with Crippen molar-refractivity contribution in [3.8, 4) is 5.75 Å². The van der Waals surface area contributed by atoms with Crippen molar-refractivity contribution in [2.24, 2.45) is 0 Å². The van der Waals surface area contributed by atoms with Gasteiger partial charge >= 0.3 is 0 Å². The Morgan fingerprint density at radius 3 is 2.52 bits per heavy atom. The molecule has 1 fully saturated rings. The van der Waals surface area contributed by atoms with Gasteiger partial charge in [-0.2, -0.15) is 0 Å². The van der Waals surface area contributed by atoms with Crippen LogP contribution in [0, 0.1) is 6.92 Å². The predicted octanol–water partition coefficient (Wildman–Crippen LogP) is 5.44. The fourth-order valence-electron chi connectivity index (χ4n) is 4.38. The summed E-state index contributed by atoms with van der Waals surface area (Å²) in [4.78, 5) is 28.2. The zero-order chi connectivity index (χ0) is 23.6. The van der Waals surface area contributed by atoms with Gasteiger partial charge in [-0.3, -0.25) is 9.59 Å². The van der Waals surface area contributed by atoms with Crippen LogP contribution in [0.25, 0.3) is 0 Å². The highest BCUT2D eigenvalue weighted by atomic mass is 79.9. The topological polar surface area (TPSA) is 58.6 Å². The van der Waals surface area contributed by atoms with Gasteiger partial charge in [0.1, 0.15) is 11.8 Å². The van der Waals surface area contributed by atoms with E-state index in [-0.39, 0.29) is 24.5 Å². The Balaban J connectivity index is 1.70. The summed E-state index contributed by atoms with van der Waals surface area (Å²) in [5.74, 6) is 0.425. The molecule has 0 bridgehead atoms. The maximum Gasteiger partial charge on any atom is 0.261 e. The Bertz CT molecular complexity index is 913. The maximum atomic E-state index is 13.3. The first-order chi connectivity index (χ1) is 16.0. The second-order valence-corrected chi connectivity index (χ2v) is 9.64. The number of nitrogens with zero attached hydrogens (tertiary/aromatic N) is 1. The second kappa shape index (κ2) is 12.8. The molecule has 2 amide bonds. The van der Waals surface area contributed by atoms with E-state index in [2.05, 4.69) is 21.2 Å². The van der Waals surface area contributed by atoms with E-state index in [4.69, 9.17) is 4.74 Å². The average molecular weight is 515 g/mol. The van der Waals surface area contributed by atoms with Crippen molar-refractivity contribution in [2.45, 2.75) is 70.9 Å². The fourth-order valence-corrected chi connectivity index (χ4v) is 4.62. The summed E-state index contributed by atoms with van der Waals surface area (Å²) in [5, 5.41) is 3.21. The molecule has 1 atom stereocenters. The molecule has 5 nitrogen and oxygen atoms in total. The lowest BCUT2D eigenvalue weighted by Crippen LogP contribution is -2.53. The number of aryl methyl sites for hydroxylation is 1. The minimum Gasteiger partial charge on any atom is -0.484 e. The van der Waals surface area contributed by atoms with Crippen LogP contribution in [0.3, 0.4) is 0 Å². The van der Waals surface area contributed by atoms with Gasteiger partial charge in [0.25, 0.3) is 5.91 Å². The molecule has 1 aliphatic carbocycles. The molecule has 2 aromatic rings. The highest BCUT2D eigenvalue weighted by Crippen LogP contribution is 2.22. The van der Waals surface area contributed by atoms with Gasteiger partial charge in [0.05, 0.1) is 0 Å². The highest BCUT2D eigenvalue weighted by Gasteiger charge is 2.30. The first kappa shape index (κ1) is 25.3. The highest BCUT2D eigenvalue weighted by molar-refractivity contribution is 9.10. The van der Waals surface area contributed by atoms with Crippen molar-refractivity contribution >= 4 is 27.7 Å². The second-order valence-electron chi connectivity index (χ2n) is 8.79. The van der Waals surface area contributed by atoms with Gasteiger partial charge in [0.2, 0.25) is 5.91 Å². The minimum atomic E-state index is -0.501. The van der Waals surface area contributed by atoms with Crippen LogP contribution >= 0.6 is 15.9 Å². The number of amides is 2. The molecule has 0 heterocycles. The van der Waals surface area contributed by atoms with Gasteiger partial charge in [0, 0.05) is 17.1 Å². The van der Waals surface area contributed by atoms with Crippen LogP contribution in [0.5, 0.6) is 5.75 Å². The number of ether oxygens (including phenoxy) is 1. The Kier molecular flexibility index (Phi) is 9.79. The third-order valence-corrected chi connectivity index (χ3v) is 7.20. The van der Waals surface area contributed by atoms with Crippen molar-refractivity contribution in [3.05, 3.63) is 64.1 Å². The number of nitrogens with one attached hydrogen (secondary N) is 1. The van der Waals surface area contributed by atoms with Crippen LogP contribution in [-0.2, 0) is 16.0 Å². The van der Waals surface area contributed by atoms with Crippen molar-refractivity contribution in [2.75, 3.05) is 13.2 Å². The van der Waals surface area contributed by atoms with Crippen LogP contribution in [0.15, 0.2) is 53.0 Å². The number of carbonyl (C=O) groups excluding carboxylic acids is 2. The molecule has 3 rings (SSSR count). The molecule has 1 N–H and O–H groups in total. The van der Waals surface area contributed by atoms with E-state index in [0.717, 1.165) is 41.3 Å². The largest absolute Gasteiger partial charge is 0.484 e. The van der Waals surface area contributed by atoms with Crippen molar-refractivity contribution < 1.29 is 14.3 Å². The van der Waals surface area contributed by atoms with Crippen molar-refractivity contribution in [1.82, 2.24) is 10.2 Å². The molecule has 0 radical (unpaired) electrons. The van der Waals surface area contributed by atoms with E-state index in [0.29, 0.717) is 25.1 Å². The zero-order valence-electron chi connectivity index (χ0n) is 19.7. The molecule has 6 heteroatoms. The molecule has 1 saturated carbocycles. The van der Waals surface area contributed by atoms with E-state index in [1.807, 2.05) is 62.4 Å². The molecule has 0 aliphatic heterocycles. The number of halogens is 1. The van der Waals surface area contributed by atoms with E-state index in [1.54, 1.807) is 4.90 Å². The summed E-state index contributed by atoms with van der Waals surface area (Å²) in [6.07, 6.45) is 6.84. The molecular weight excluding hydrogens is 480 g/mol. The smallest absolute Gasteiger partial charge is 0.261 e. The lowest BCUT2D eigenvalue weighted by atomic mass is 9.95. The van der Waals surface area contributed by atoms with Gasteiger partial charge < -0.3 is 15.0 Å². The monoisotopic (exact) mass is 514 g/mol. The number of rotatable bonds is 10. The van der Waals surface area contributed by atoms with E-state index < -0.39 is 6.04 Å². The van der Waals surface area contributed by atoms with Crippen LogP contribution < -0.4 is 10.1 Å². The van der Waals surface area contributed by atoms with Gasteiger partial charge in [-0.15, -0.1) is 0 Å². The van der Waals surface area contributed by atoms with Gasteiger partial charge in [0.15, 0.2) is 6.61 Å². The Morgan fingerprint density at radius 2 is 1.85 bits per heavy atom. The number of carbonyl (C=O) groups is 2. The molecule has 1 aliphatic rings. The third-order valence-electron chi connectivity index (χ3n) is 6.31. The zero-order valence-corrected chi connectivity index (χ0v) is 21.3. The first-order valence-electron chi connectivity index (χ1n) is 12.0. The normalized spacial score (nSPS) is 15.0. The summed E-state index contributed by atoms with van der Waals surface area (Å²) in [5.41, 5.74) is 2.18. The van der Waals surface area contributed by atoms with E-state index in [1.165, 1.54) is 6.42 Å². The Morgan fingerprint density at radius 1 is 1.12 bits per heavy atom. The standard InChI is InChI=1S/C27H35BrN2O3/c1-3-25(27(32)29-22-12-8-5-9-13-22)30(17-16-21-10-6-4-7-11-21)26(31)19-33-23-14-15-24(28)20(2)18-23/h4,6-7,10-11,14-15,18,22,25H,3,5,8-9,12-13,16-17,19H2,1-2H3,(H,29,32)/t25-/m1/s1. The number of hydrogen-bond acceptors (Lipinski definition) is 3. The van der Waals surface area contributed by atoms with Crippen molar-refractivity contribution in [1.29, 1.82) is 0 Å². The lowest BCUT2D eigenvalue weighted by Gasteiger charge is -2.32. The van der Waals surface area contributed by atoms with Gasteiger partial charge in [-0.25, -0.2) is 0 Å². The summed E-state index contributed by atoms with van der Waals surface area (Å²) in [7, 11) is 0. The molecule has 33 heavy (non-hydrogen) atoms. The molecular formula is C27H35BrN2O3. The summed E-state index contributed by atoms with van der Waals surface area (Å²) >= 11 is 3.49. The van der Waals surface area contributed by atoms with Gasteiger partial charge in [-0.05, 0) is 61.9 Å². The Hall–Kier alpha value is -2.34. The molecule has 0 spiro atoms. The number of benzene rings is 2. The van der Waals surface area contributed by atoms with Gasteiger partial charge in [-0.1, -0.05) is 72.4 Å². The number of hydrogen-bond donors (Lipinski definition) is 1. The van der Waals surface area contributed by atoms with Crippen LogP contribution in [0.4, 0.5) is 0 Å². The van der Waals surface area contributed by atoms with Crippen molar-refractivity contribution in [3.63, 3.8) is 0 Å². The molecule has 2 aromatic carbocycles. The fraction of sp³-hybridized carbons (Fsp3) is 0.481. The lowest BCUT2D eigenvalue weighted by molar-refractivity contribution is -0.142. The van der Waals surface area contributed by atoms with E-state index >= 15 is 0 Å². The predicted molar refractivity (Wildman–Crippen MR) is 135 cm³/mol. The average Bonchev–Trinajstić information content (AvgIpc) is 2.83. The SMILES string of the molecule is CC[C@H](C(=O)NC1CCCCC1)N(CCc1ccccc1)C(=O)COc1ccc(Br)c(C)c1. The quantitative estimate of drug-likeness (QED) is 0.459. The van der Waals surface area contributed by atoms with Crippen LogP contribution in [-0.4, -0.2) is 41.9 Å². The summed E-state index contributed by atoms with van der Waals surface area (Å²) < 4.78 is 6.81. The molecule has 0 saturated heterocycles. The van der Waals surface area contributed by atoms with Crippen LogP contribution in [0.1, 0.15) is 56.6 Å². The maximum absolute atomic E-state index is 13.3.